The van der Waals surface area contributed by atoms with Crippen LogP contribution < -0.4 is 11.1 Å². The Bertz CT molecular complexity index is 437. The molecule has 106 valence electrons. The number of thiophene rings is 1. The third-order valence-corrected chi connectivity index (χ3v) is 4.79. The molecule has 0 radical (unpaired) electrons. The highest BCUT2D eigenvalue weighted by Gasteiger charge is 2.30. The summed E-state index contributed by atoms with van der Waals surface area (Å²) in [6.07, 6.45) is 4.97. The molecule has 1 aliphatic carbocycles. The van der Waals surface area contributed by atoms with Crippen molar-refractivity contribution in [3.63, 3.8) is 0 Å². The van der Waals surface area contributed by atoms with Gasteiger partial charge in [0.05, 0.1) is 0 Å². The Labute approximate surface area is 119 Å². The van der Waals surface area contributed by atoms with Crippen molar-refractivity contribution < 1.29 is 4.79 Å². The topological polar surface area (TPSA) is 55.1 Å². The maximum absolute atomic E-state index is 11.9. The predicted molar refractivity (Wildman–Crippen MR) is 80.4 cm³/mol. The van der Waals surface area contributed by atoms with Gasteiger partial charge in [0, 0.05) is 28.8 Å². The van der Waals surface area contributed by atoms with E-state index < -0.39 is 0 Å². The second-order valence-electron chi connectivity index (χ2n) is 5.54. The molecule has 0 aliphatic heterocycles. The van der Waals surface area contributed by atoms with Crippen LogP contribution in [0.1, 0.15) is 41.0 Å². The summed E-state index contributed by atoms with van der Waals surface area (Å²) in [7, 11) is 0. The summed E-state index contributed by atoms with van der Waals surface area (Å²) >= 11 is 1.84. The van der Waals surface area contributed by atoms with Gasteiger partial charge in [-0.05, 0) is 57.1 Å². The van der Waals surface area contributed by atoms with Gasteiger partial charge in [-0.25, -0.2) is 0 Å². The molecule has 0 bridgehead atoms. The maximum atomic E-state index is 11.9. The lowest BCUT2D eigenvalue weighted by Crippen LogP contribution is -2.41. The lowest BCUT2D eigenvalue weighted by atomic mass is 10.1. The Morgan fingerprint density at radius 2 is 2.26 bits per heavy atom. The molecular formula is C15H24N2OS. The predicted octanol–water partition coefficient (Wildman–Crippen LogP) is 2.54. The molecule has 1 heterocycles. The Balaban J connectivity index is 1.70. The van der Waals surface area contributed by atoms with Crippen LogP contribution in [0.2, 0.25) is 0 Å². The van der Waals surface area contributed by atoms with E-state index in [1.165, 1.54) is 28.2 Å². The van der Waals surface area contributed by atoms with Crippen LogP contribution in [-0.2, 0) is 11.2 Å². The molecule has 1 aliphatic rings. The normalized spacial score (nSPS) is 16.4. The number of nitrogens with two attached hydrogens (primary N) is 1. The van der Waals surface area contributed by atoms with E-state index >= 15 is 0 Å². The van der Waals surface area contributed by atoms with E-state index in [9.17, 15) is 4.79 Å². The number of rotatable bonds is 7. The van der Waals surface area contributed by atoms with Crippen molar-refractivity contribution in [2.45, 2.75) is 52.0 Å². The van der Waals surface area contributed by atoms with Crippen molar-refractivity contribution in [1.29, 1.82) is 0 Å². The molecule has 3 N–H and O–H groups in total. The quantitative estimate of drug-likeness (QED) is 0.806. The van der Waals surface area contributed by atoms with E-state index in [2.05, 4.69) is 25.2 Å². The molecule has 1 fully saturated rings. The zero-order chi connectivity index (χ0) is 13.8. The fourth-order valence-electron chi connectivity index (χ4n) is 2.52. The highest BCUT2D eigenvalue weighted by molar-refractivity contribution is 7.12. The molecule has 1 saturated carbocycles. The lowest BCUT2D eigenvalue weighted by Gasteiger charge is -2.15. The van der Waals surface area contributed by atoms with Gasteiger partial charge in [-0.1, -0.05) is 0 Å². The average Bonchev–Trinajstić information content (AvgIpc) is 3.14. The minimum absolute atomic E-state index is 0.159. The summed E-state index contributed by atoms with van der Waals surface area (Å²) in [4.78, 5) is 14.6. The van der Waals surface area contributed by atoms with E-state index in [0.717, 1.165) is 12.8 Å². The van der Waals surface area contributed by atoms with Gasteiger partial charge in [0.15, 0.2) is 0 Å². The molecule has 2 rings (SSSR count). The molecular weight excluding hydrogens is 256 g/mol. The summed E-state index contributed by atoms with van der Waals surface area (Å²) in [6, 6.07) is 2.45. The molecule has 1 unspecified atom stereocenters. The number of hydrogen-bond donors (Lipinski definition) is 2. The summed E-state index contributed by atoms with van der Waals surface area (Å²) in [5.74, 6) is 0.794. The van der Waals surface area contributed by atoms with E-state index in [1.807, 2.05) is 11.3 Å². The van der Waals surface area contributed by atoms with Gasteiger partial charge in [-0.3, -0.25) is 4.79 Å². The number of nitrogens with one attached hydrogen (secondary N) is 1. The first kappa shape index (κ1) is 14.5. The standard InChI is InChI=1S/C15H24N2OS/c1-10-8-13(11(2)19-10)4-3-5-15(18)17-14(9-16)12-6-7-12/h8,12,14H,3-7,9,16H2,1-2H3,(H,17,18). The Morgan fingerprint density at radius 1 is 1.53 bits per heavy atom. The molecule has 0 saturated heterocycles. The Hall–Kier alpha value is -0.870. The highest BCUT2D eigenvalue weighted by Crippen LogP contribution is 2.32. The van der Waals surface area contributed by atoms with Crippen LogP contribution in [-0.4, -0.2) is 18.5 Å². The maximum Gasteiger partial charge on any atom is 0.220 e. The number of carbonyl (C=O) groups excluding carboxylic acids is 1. The molecule has 3 nitrogen and oxygen atoms in total. The molecule has 0 spiro atoms. The number of aryl methyl sites for hydroxylation is 3. The lowest BCUT2D eigenvalue weighted by molar-refractivity contribution is -0.122. The smallest absolute Gasteiger partial charge is 0.220 e. The van der Waals surface area contributed by atoms with Crippen molar-refractivity contribution in [1.82, 2.24) is 5.32 Å². The summed E-state index contributed by atoms with van der Waals surface area (Å²) in [6.45, 7) is 4.86. The SMILES string of the molecule is Cc1cc(CCCC(=O)NC(CN)C2CC2)c(C)s1. The fourth-order valence-corrected chi connectivity index (χ4v) is 3.49. The largest absolute Gasteiger partial charge is 0.352 e. The number of carbonyl (C=O) groups is 1. The molecule has 4 heteroatoms. The van der Waals surface area contributed by atoms with Crippen LogP contribution in [0.4, 0.5) is 0 Å². The van der Waals surface area contributed by atoms with E-state index in [1.54, 1.807) is 0 Å². The third kappa shape index (κ3) is 4.32. The van der Waals surface area contributed by atoms with Gasteiger partial charge in [0.2, 0.25) is 5.91 Å². The minimum atomic E-state index is 0.159. The summed E-state index contributed by atoms with van der Waals surface area (Å²) < 4.78 is 0. The second-order valence-corrected chi connectivity index (χ2v) is 7.00. The Kier molecular flexibility index (Phi) is 4.99. The molecule has 1 aromatic heterocycles. The van der Waals surface area contributed by atoms with E-state index in [0.29, 0.717) is 18.9 Å². The van der Waals surface area contributed by atoms with Gasteiger partial charge in [0.25, 0.3) is 0 Å². The van der Waals surface area contributed by atoms with Gasteiger partial charge in [-0.15, -0.1) is 11.3 Å². The number of amides is 1. The number of hydrogen-bond acceptors (Lipinski definition) is 3. The summed E-state index contributed by atoms with van der Waals surface area (Å²) in [5, 5.41) is 3.07. The van der Waals surface area contributed by atoms with Gasteiger partial charge < -0.3 is 11.1 Å². The first-order valence-electron chi connectivity index (χ1n) is 7.15. The zero-order valence-corrected chi connectivity index (χ0v) is 12.7. The molecule has 19 heavy (non-hydrogen) atoms. The minimum Gasteiger partial charge on any atom is -0.352 e. The van der Waals surface area contributed by atoms with Crippen LogP contribution in [0.15, 0.2) is 6.07 Å². The van der Waals surface area contributed by atoms with E-state index in [-0.39, 0.29) is 11.9 Å². The van der Waals surface area contributed by atoms with Crippen LogP contribution in [0.5, 0.6) is 0 Å². The van der Waals surface area contributed by atoms with Crippen molar-refractivity contribution >= 4 is 17.2 Å². The highest BCUT2D eigenvalue weighted by atomic mass is 32.1. The molecule has 1 amide bonds. The van der Waals surface area contributed by atoms with Gasteiger partial charge >= 0.3 is 0 Å². The monoisotopic (exact) mass is 280 g/mol. The van der Waals surface area contributed by atoms with Gasteiger partial charge in [-0.2, -0.15) is 0 Å². The first-order valence-corrected chi connectivity index (χ1v) is 7.97. The second kappa shape index (κ2) is 6.53. The van der Waals surface area contributed by atoms with Crippen LogP contribution >= 0.6 is 11.3 Å². The van der Waals surface area contributed by atoms with Gasteiger partial charge in [0.1, 0.15) is 0 Å². The van der Waals surface area contributed by atoms with Crippen molar-refractivity contribution in [3.8, 4) is 0 Å². The van der Waals surface area contributed by atoms with Crippen molar-refractivity contribution in [3.05, 3.63) is 21.4 Å². The van der Waals surface area contributed by atoms with E-state index in [4.69, 9.17) is 5.73 Å². The zero-order valence-electron chi connectivity index (χ0n) is 11.9. The van der Waals surface area contributed by atoms with Crippen LogP contribution in [0, 0.1) is 19.8 Å². The average molecular weight is 280 g/mol. The van der Waals surface area contributed by atoms with Crippen LogP contribution in [0.3, 0.4) is 0 Å². The Morgan fingerprint density at radius 3 is 2.79 bits per heavy atom. The first-order chi connectivity index (χ1) is 9.10. The fraction of sp³-hybridized carbons (Fsp3) is 0.667. The van der Waals surface area contributed by atoms with Crippen molar-refractivity contribution in [2.24, 2.45) is 11.7 Å². The third-order valence-electron chi connectivity index (χ3n) is 3.79. The molecule has 1 atom stereocenters. The molecule has 1 aromatic rings. The summed E-state index contributed by atoms with van der Waals surface area (Å²) in [5.41, 5.74) is 7.09. The van der Waals surface area contributed by atoms with Crippen molar-refractivity contribution in [2.75, 3.05) is 6.54 Å². The molecule has 0 aromatic carbocycles. The van der Waals surface area contributed by atoms with Crippen LogP contribution in [0.25, 0.3) is 0 Å².